The molecule has 0 atom stereocenters. The van der Waals surface area contributed by atoms with Crippen LogP contribution in [-0.2, 0) is 7.05 Å². The number of aromatic nitrogens is 5. The number of anilines is 2. The zero-order valence-electron chi connectivity index (χ0n) is 18.9. The Morgan fingerprint density at radius 3 is 2.77 bits per heavy atom. The SMILES string of the molecule is COc1cc(-c2nc(Nc3ccc4[nH]ncc4c3C3CC3)n(C)n2)ccc1C(=O)NCC(F)(F)F. The zero-order chi connectivity index (χ0) is 24.7. The van der Waals surface area contributed by atoms with Crippen LogP contribution in [0, 0.1) is 0 Å². The summed E-state index contributed by atoms with van der Waals surface area (Å²) in [6.45, 7) is -1.43. The Hall–Kier alpha value is -4.09. The van der Waals surface area contributed by atoms with E-state index in [1.54, 1.807) is 17.8 Å². The maximum absolute atomic E-state index is 12.5. The number of carbonyl (C=O) groups is 1. The maximum atomic E-state index is 12.5. The van der Waals surface area contributed by atoms with Crippen LogP contribution in [0.5, 0.6) is 5.75 Å². The number of nitrogens with zero attached hydrogens (tertiary/aromatic N) is 4. The number of nitrogens with one attached hydrogen (secondary N) is 3. The molecule has 2 aromatic heterocycles. The van der Waals surface area contributed by atoms with E-state index in [0.29, 0.717) is 23.3 Å². The number of H-pyrrole nitrogens is 1. The summed E-state index contributed by atoms with van der Waals surface area (Å²) in [6, 6.07) is 8.43. The molecule has 35 heavy (non-hydrogen) atoms. The second kappa shape index (κ2) is 8.60. The van der Waals surface area contributed by atoms with Gasteiger partial charge in [0.1, 0.15) is 12.3 Å². The molecule has 3 N–H and O–H groups in total. The van der Waals surface area contributed by atoms with Crippen LogP contribution in [0.15, 0.2) is 36.5 Å². The molecule has 0 bridgehead atoms. The van der Waals surface area contributed by atoms with Crippen molar-refractivity contribution in [2.75, 3.05) is 19.0 Å². The van der Waals surface area contributed by atoms with E-state index in [1.165, 1.54) is 24.8 Å². The van der Waals surface area contributed by atoms with Gasteiger partial charge in [0.2, 0.25) is 5.95 Å². The van der Waals surface area contributed by atoms with Crippen LogP contribution in [0.3, 0.4) is 0 Å². The molecule has 0 aliphatic heterocycles. The number of aromatic amines is 1. The number of ether oxygens (including phenoxy) is 1. The number of benzene rings is 2. The number of methoxy groups -OCH3 is 1. The van der Waals surface area contributed by atoms with Gasteiger partial charge in [0.15, 0.2) is 5.82 Å². The average molecular weight is 485 g/mol. The average Bonchev–Trinajstić information content (AvgIpc) is 3.43. The Labute approximate surface area is 197 Å². The van der Waals surface area contributed by atoms with Gasteiger partial charge in [-0.15, -0.1) is 5.10 Å². The lowest BCUT2D eigenvalue weighted by atomic mass is 10.0. The fourth-order valence-electron chi connectivity index (χ4n) is 3.99. The number of rotatable bonds is 7. The minimum Gasteiger partial charge on any atom is -0.496 e. The van der Waals surface area contributed by atoms with E-state index >= 15 is 0 Å². The number of alkyl halides is 3. The monoisotopic (exact) mass is 485 g/mol. The van der Waals surface area contributed by atoms with Crippen molar-refractivity contribution in [2.45, 2.75) is 24.9 Å². The molecule has 12 heteroatoms. The van der Waals surface area contributed by atoms with Crippen LogP contribution in [0.2, 0.25) is 0 Å². The topological polar surface area (TPSA) is 110 Å². The number of halogens is 3. The zero-order valence-corrected chi connectivity index (χ0v) is 18.9. The third-order valence-electron chi connectivity index (χ3n) is 5.81. The van der Waals surface area contributed by atoms with E-state index in [1.807, 2.05) is 23.6 Å². The van der Waals surface area contributed by atoms with Crippen LogP contribution < -0.4 is 15.4 Å². The number of fused-ring (bicyclic) bond motifs is 1. The standard InChI is InChI=1S/C23H22F3N7O2/c1-33-22(29-17-8-7-16-15(10-28-31-16)19(17)12-3-4-12)30-20(32-33)13-5-6-14(18(9-13)35-2)21(34)27-11-23(24,25)26/h5-10,12H,3-4,11H2,1-2H3,(H,27,34)(H,28,31)(H,29,30,32). The molecule has 1 aliphatic rings. The third kappa shape index (κ3) is 4.63. The first kappa shape index (κ1) is 22.7. The van der Waals surface area contributed by atoms with Crippen LogP contribution in [-0.4, -0.2) is 50.7 Å². The highest BCUT2D eigenvalue weighted by Gasteiger charge is 2.30. The number of carbonyl (C=O) groups excluding carboxylic acids is 1. The summed E-state index contributed by atoms with van der Waals surface area (Å²) in [4.78, 5) is 16.8. The molecule has 2 heterocycles. The largest absolute Gasteiger partial charge is 0.496 e. The molecule has 1 saturated carbocycles. The van der Waals surface area contributed by atoms with Crippen molar-refractivity contribution in [1.29, 1.82) is 0 Å². The predicted octanol–water partition coefficient (Wildman–Crippen LogP) is 4.28. The van der Waals surface area contributed by atoms with E-state index in [4.69, 9.17) is 4.74 Å². The minimum absolute atomic E-state index is 0.0164. The molecule has 4 aromatic rings. The lowest BCUT2D eigenvalue weighted by Gasteiger charge is -2.12. The lowest BCUT2D eigenvalue weighted by Crippen LogP contribution is -2.33. The predicted molar refractivity (Wildman–Crippen MR) is 123 cm³/mol. The van der Waals surface area contributed by atoms with Crippen molar-refractivity contribution in [1.82, 2.24) is 30.3 Å². The molecule has 182 valence electrons. The Balaban J connectivity index is 1.41. The summed E-state index contributed by atoms with van der Waals surface area (Å²) in [7, 11) is 3.09. The van der Waals surface area contributed by atoms with E-state index in [2.05, 4.69) is 25.6 Å². The number of aryl methyl sites for hydroxylation is 1. The quantitative estimate of drug-likeness (QED) is 0.361. The smallest absolute Gasteiger partial charge is 0.405 e. The van der Waals surface area contributed by atoms with Gasteiger partial charge in [-0.25, -0.2) is 4.68 Å². The molecule has 5 rings (SSSR count). The van der Waals surface area contributed by atoms with E-state index in [0.717, 1.165) is 29.4 Å². The second-order valence-corrected chi connectivity index (χ2v) is 8.35. The number of hydrogen-bond donors (Lipinski definition) is 3. The van der Waals surface area contributed by atoms with Gasteiger partial charge in [-0.1, -0.05) is 6.07 Å². The Morgan fingerprint density at radius 2 is 2.06 bits per heavy atom. The van der Waals surface area contributed by atoms with Crippen molar-refractivity contribution in [3.63, 3.8) is 0 Å². The number of amides is 1. The summed E-state index contributed by atoms with van der Waals surface area (Å²) in [6.07, 6.45) is -0.446. The van der Waals surface area contributed by atoms with Crippen LogP contribution in [0.1, 0.15) is 34.7 Å². The molecular weight excluding hydrogens is 463 g/mol. The molecule has 1 amide bonds. The van der Waals surface area contributed by atoms with E-state index in [9.17, 15) is 18.0 Å². The van der Waals surface area contributed by atoms with Crippen molar-refractivity contribution < 1.29 is 22.7 Å². The fraction of sp³-hybridized carbons (Fsp3) is 0.304. The first-order chi connectivity index (χ1) is 16.7. The maximum Gasteiger partial charge on any atom is 0.405 e. The fourth-order valence-corrected chi connectivity index (χ4v) is 3.99. The van der Waals surface area contributed by atoms with Gasteiger partial charge >= 0.3 is 6.18 Å². The van der Waals surface area contributed by atoms with Gasteiger partial charge in [0.25, 0.3) is 5.91 Å². The second-order valence-electron chi connectivity index (χ2n) is 8.35. The summed E-state index contributed by atoms with van der Waals surface area (Å²) in [5, 5.41) is 17.9. The van der Waals surface area contributed by atoms with Crippen molar-refractivity contribution in [3.8, 4) is 17.1 Å². The molecule has 0 radical (unpaired) electrons. The molecule has 1 aliphatic carbocycles. The summed E-state index contributed by atoms with van der Waals surface area (Å²) < 4.78 is 44.2. The summed E-state index contributed by atoms with van der Waals surface area (Å²) in [5.41, 5.74) is 3.62. The van der Waals surface area contributed by atoms with Crippen molar-refractivity contribution in [2.24, 2.45) is 7.05 Å². The summed E-state index contributed by atoms with van der Waals surface area (Å²) in [5.74, 6) is 0.574. The Morgan fingerprint density at radius 1 is 1.26 bits per heavy atom. The highest BCUT2D eigenvalue weighted by Crippen LogP contribution is 2.47. The molecule has 0 unspecified atom stereocenters. The van der Waals surface area contributed by atoms with E-state index < -0.39 is 18.6 Å². The van der Waals surface area contributed by atoms with Gasteiger partial charge in [-0.05, 0) is 48.6 Å². The van der Waals surface area contributed by atoms with Gasteiger partial charge in [-0.3, -0.25) is 9.89 Å². The highest BCUT2D eigenvalue weighted by molar-refractivity contribution is 5.97. The van der Waals surface area contributed by atoms with Crippen molar-refractivity contribution >= 4 is 28.4 Å². The van der Waals surface area contributed by atoms with Crippen LogP contribution >= 0.6 is 0 Å². The molecular formula is C23H22F3N7O2. The molecule has 1 fully saturated rings. The molecule has 0 saturated heterocycles. The third-order valence-corrected chi connectivity index (χ3v) is 5.81. The van der Waals surface area contributed by atoms with Gasteiger partial charge < -0.3 is 15.4 Å². The summed E-state index contributed by atoms with van der Waals surface area (Å²) >= 11 is 0. The molecule has 2 aromatic carbocycles. The number of hydrogen-bond acceptors (Lipinski definition) is 6. The first-order valence-corrected chi connectivity index (χ1v) is 10.9. The van der Waals surface area contributed by atoms with Crippen LogP contribution in [0.4, 0.5) is 24.8 Å². The highest BCUT2D eigenvalue weighted by atomic mass is 19.4. The van der Waals surface area contributed by atoms with Crippen LogP contribution in [0.25, 0.3) is 22.3 Å². The molecule has 9 nitrogen and oxygen atoms in total. The van der Waals surface area contributed by atoms with Gasteiger partial charge in [0, 0.05) is 23.7 Å². The Kier molecular flexibility index (Phi) is 5.58. The van der Waals surface area contributed by atoms with Gasteiger partial charge in [0.05, 0.1) is 24.4 Å². The first-order valence-electron chi connectivity index (χ1n) is 10.9. The van der Waals surface area contributed by atoms with Crippen molar-refractivity contribution in [3.05, 3.63) is 47.7 Å². The van der Waals surface area contributed by atoms with E-state index in [-0.39, 0.29) is 11.3 Å². The normalized spacial score (nSPS) is 13.7. The Bertz CT molecular complexity index is 1410. The molecule has 0 spiro atoms. The van der Waals surface area contributed by atoms with Gasteiger partial charge in [-0.2, -0.15) is 23.3 Å². The lowest BCUT2D eigenvalue weighted by molar-refractivity contribution is -0.123. The minimum atomic E-state index is -4.51.